The van der Waals surface area contributed by atoms with Gasteiger partial charge in [0.2, 0.25) is 5.91 Å². The van der Waals surface area contributed by atoms with E-state index in [0.717, 1.165) is 38.8 Å². The van der Waals surface area contributed by atoms with Gasteiger partial charge in [0.1, 0.15) is 0 Å². The minimum absolute atomic E-state index is 0.294. The molecule has 0 radical (unpaired) electrons. The van der Waals surface area contributed by atoms with E-state index < -0.39 is 0 Å². The van der Waals surface area contributed by atoms with Crippen molar-refractivity contribution in [1.29, 1.82) is 0 Å². The topological polar surface area (TPSA) is 32.3 Å². The van der Waals surface area contributed by atoms with Gasteiger partial charge in [-0.25, -0.2) is 0 Å². The van der Waals surface area contributed by atoms with Crippen LogP contribution in [0.25, 0.3) is 0 Å². The Bertz CT molecular complexity index is 703. The maximum Gasteiger partial charge on any atom is 0.222 e. The molecule has 25 heavy (non-hydrogen) atoms. The maximum atomic E-state index is 12.5. The first-order valence-corrected chi connectivity index (χ1v) is 9.42. The summed E-state index contributed by atoms with van der Waals surface area (Å²) < 4.78 is 0. The molecule has 3 heteroatoms. The number of carbonyl (C=O) groups excluding carboxylic acids is 1. The molecule has 2 aliphatic rings. The monoisotopic (exact) mass is 334 g/mol. The molecule has 1 aliphatic heterocycles. The number of carbonyl (C=O) groups is 1. The van der Waals surface area contributed by atoms with E-state index in [1.807, 2.05) is 23.1 Å². The molecule has 1 heterocycles. The van der Waals surface area contributed by atoms with Crippen molar-refractivity contribution in [3.8, 4) is 0 Å². The quantitative estimate of drug-likeness (QED) is 0.912. The predicted molar refractivity (Wildman–Crippen MR) is 101 cm³/mol. The van der Waals surface area contributed by atoms with Crippen LogP contribution in [0.15, 0.2) is 54.6 Å². The highest BCUT2D eigenvalue weighted by Crippen LogP contribution is 2.23. The van der Waals surface area contributed by atoms with Gasteiger partial charge in [-0.05, 0) is 42.4 Å². The highest BCUT2D eigenvalue weighted by molar-refractivity contribution is 5.76. The Morgan fingerprint density at radius 2 is 1.64 bits per heavy atom. The predicted octanol–water partition coefficient (Wildman–Crippen LogP) is 2.98. The van der Waals surface area contributed by atoms with E-state index in [9.17, 15) is 4.79 Å². The number of likely N-dealkylation sites (tertiary alicyclic amines) is 1. The molecular formula is C22H26N2O. The van der Waals surface area contributed by atoms with E-state index in [1.165, 1.54) is 16.7 Å². The lowest BCUT2D eigenvalue weighted by atomic mass is 10.1. The van der Waals surface area contributed by atoms with Crippen molar-refractivity contribution < 1.29 is 4.79 Å². The van der Waals surface area contributed by atoms with E-state index in [4.69, 9.17) is 0 Å². The average molecular weight is 334 g/mol. The summed E-state index contributed by atoms with van der Waals surface area (Å²) in [5, 5.41) is 3.79. The smallest absolute Gasteiger partial charge is 0.222 e. The third-order valence-electron chi connectivity index (χ3n) is 5.53. The Balaban J connectivity index is 1.24. The minimum atomic E-state index is 0.294. The van der Waals surface area contributed by atoms with E-state index in [0.29, 0.717) is 24.4 Å². The molecule has 1 saturated heterocycles. The number of rotatable bonds is 5. The van der Waals surface area contributed by atoms with E-state index in [2.05, 4.69) is 41.7 Å². The van der Waals surface area contributed by atoms with Crippen molar-refractivity contribution in [3.05, 3.63) is 71.3 Å². The van der Waals surface area contributed by atoms with Crippen LogP contribution < -0.4 is 5.32 Å². The minimum Gasteiger partial charge on any atom is -0.341 e. The molecule has 1 atom stereocenters. The molecule has 1 aliphatic carbocycles. The lowest BCUT2D eigenvalue weighted by Crippen LogP contribution is -2.41. The maximum absolute atomic E-state index is 12.5. The third-order valence-corrected chi connectivity index (χ3v) is 5.53. The number of nitrogens with one attached hydrogen (secondary N) is 1. The van der Waals surface area contributed by atoms with Gasteiger partial charge >= 0.3 is 0 Å². The van der Waals surface area contributed by atoms with Gasteiger partial charge in [-0.1, -0.05) is 54.6 Å². The van der Waals surface area contributed by atoms with Crippen molar-refractivity contribution in [2.24, 2.45) is 0 Å². The molecule has 1 amide bonds. The Labute approximate surface area is 150 Å². The van der Waals surface area contributed by atoms with Crippen LogP contribution in [0.3, 0.4) is 0 Å². The first-order valence-electron chi connectivity index (χ1n) is 9.42. The van der Waals surface area contributed by atoms with Gasteiger partial charge in [-0.3, -0.25) is 4.79 Å². The average Bonchev–Trinajstić information content (AvgIpc) is 3.27. The fourth-order valence-electron chi connectivity index (χ4n) is 4.19. The van der Waals surface area contributed by atoms with Crippen molar-refractivity contribution >= 4 is 5.91 Å². The van der Waals surface area contributed by atoms with E-state index in [-0.39, 0.29) is 0 Å². The summed E-state index contributed by atoms with van der Waals surface area (Å²) in [5.41, 5.74) is 4.20. The molecule has 0 bridgehead atoms. The number of aryl methyl sites for hydroxylation is 1. The zero-order valence-corrected chi connectivity index (χ0v) is 14.7. The molecule has 0 unspecified atom stereocenters. The Morgan fingerprint density at radius 3 is 2.36 bits per heavy atom. The van der Waals surface area contributed by atoms with Gasteiger partial charge in [0.15, 0.2) is 0 Å². The number of amides is 1. The molecule has 0 aromatic heterocycles. The largest absolute Gasteiger partial charge is 0.341 e. The summed E-state index contributed by atoms with van der Waals surface area (Å²) in [6, 6.07) is 20.0. The molecule has 4 rings (SSSR count). The summed E-state index contributed by atoms with van der Waals surface area (Å²) in [6.45, 7) is 1.76. The summed E-state index contributed by atoms with van der Waals surface area (Å²) in [4.78, 5) is 14.5. The van der Waals surface area contributed by atoms with Crippen LogP contribution in [0.5, 0.6) is 0 Å². The lowest BCUT2D eigenvalue weighted by Gasteiger charge is -2.20. The van der Waals surface area contributed by atoms with Crippen LogP contribution in [-0.2, 0) is 24.1 Å². The van der Waals surface area contributed by atoms with E-state index in [1.54, 1.807) is 0 Å². The lowest BCUT2D eigenvalue weighted by molar-refractivity contribution is -0.130. The van der Waals surface area contributed by atoms with Gasteiger partial charge in [0.05, 0.1) is 0 Å². The first-order chi connectivity index (χ1) is 12.3. The van der Waals surface area contributed by atoms with Crippen LogP contribution in [0.1, 0.15) is 29.5 Å². The molecule has 130 valence electrons. The van der Waals surface area contributed by atoms with Gasteiger partial charge in [0.25, 0.3) is 0 Å². The normalized spacial score (nSPS) is 20.0. The van der Waals surface area contributed by atoms with Gasteiger partial charge in [-0.2, -0.15) is 0 Å². The highest BCUT2D eigenvalue weighted by atomic mass is 16.2. The van der Waals surface area contributed by atoms with Gasteiger partial charge in [-0.15, -0.1) is 0 Å². The zero-order valence-electron chi connectivity index (χ0n) is 14.7. The second kappa shape index (κ2) is 7.40. The SMILES string of the molecule is O=C(CCc1ccccc1)N1CC[C@H](NC2Cc3ccccc3C2)C1. The second-order valence-corrected chi connectivity index (χ2v) is 7.35. The fraction of sp³-hybridized carbons (Fsp3) is 0.409. The Morgan fingerprint density at radius 1 is 0.960 bits per heavy atom. The van der Waals surface area contributed by atoms with Gasteiger partial charge < -0.3 is 10.2 Å². The zero-order chi connectivity index (χ0) is 17.1. The Hall–Kier alpha value is -2.13. The Kier molecular flexibility index (Phi) is 4.84. The highest BCUT2D eigenvalue weighted by Gasteiger charge is 2.29. The summed E-state index contributed by atoms with van der Waals surface area (Å²) in [5.74, 6) is 0.294. The van der Waals surface area contributed by atoms with Crippen molar-refractivity contribution in [2.75, 3.05) is 13.1 Å². The summed E-state index contributed by atoms with van der Waals surface area (Å²) >= 11 is 0. The molecule has 0 spiro atoms. The molecule has 0 saturated carbocycles. The molecule has 1 fully saturated rings. The van der Waals surface area contributed by atoms with Crippen molar-refractivity contribution in [3.63, 3.8) is 0 Å². The number of benzene rings is 2. The van der Waals surface area contributed by atoms with Crippen molar-refractivity contribution in [1.82, 2.24) is 10.2 Å². The summed E-state index contributed by atoms with van der Waals surface area (Å²) in [6.07, 6.45) is 4.77. The molecule has 1 N–H and O–H groups in total. The molecule has 3 nitrogen and oxygen atoms in total. The van der Waals surface area contributed by atoms with Crippen LogP contribution >= 0.6 is 0 Å². The van der Waals surface area contributed by atoms with Crippen LogP contribution in [0.4, 0.5) is 0 Å². The fourth-order valence-corrected chi connectivity index (χ4v) is 4.19. The molecule has 2 aromatic carbocycles. The number of hydrogen-bond acceptors (Lipinski definition) is 2. The third kappa shape index (κ3) is 3.93. The van der Waals surface area contributed by atoms with Crippen LogP contribution in [-0.4, -0.2) is 36.0 Å². The second-order valence-electron chi connectivity index (χ2n) is 7.35. The van der Waals surface area contributed by atoms with Gasteiger partial charge in [0, 0.05) is 31.6 Å². The van der Waals surface area contributed by atoms with Crippen molar-refractivity contribution in [2.45, 2.75) is 44.2 Å². The summed E-state index contributed by atoms with van der Waals surface area (Å²) in [7, 11) is 0. The number of nitrogens with zero attached hydrogens (tertiary/aromatic N) is 1. The molecule has 2 aromatic rings. The number of fused-ring (bicyclic) bond motifs is 1. The van der Waals surface area contributed by atoms with Crippen LogP contribution in [0.2, 0.25) is 0 Å². The standard InChI is InChI=1S/C22H26N2O/c25-22(11-10-17-6-2-1-3-7-17)24-13-12-20(16-24)23-21-14-18-8-4-5-9-19(18)15-21/h1-9,20-21,23H,10-16H2/t20-/m0/s1. The number of hydrogen-bond donors (Lipinski definition) is 1. The first kappa shape index (κ1) is 16.3. The molecular weight excluding hydrogens is 308 g/mol. The van der Waals surface area contributed by atoms with E-state index >= 15 is 0 Å². The van der Waals surface area contributed by atoms with Crippen LogP contribution in [0, 0.1) is 0 Å².